The van der Waals surface area contributed by atoms with Gasteiger partial charge in [0, 0.05) is 12.6 Å². The fourth-order valence-electron chi connectivity index (χ4n) is 1.06. The highest BCUT2D eigenvalue weighted by Gasteiger charge is 1.98. The molecule has 1 unspecified atom stereocenters. The lowest BCUT2D eigenvalue weighted by molar-refractivity contribution is 0.0224. The third-order valence-corrected chi connectivity index (χ3v) is 1.92. The van der Waals surface area contributed by atoms with Crippen molar-refractivity contribution in [3.8, 4) is 5.75 Å². The first kappa shape index (κ1) is 11.0. The number of hydrogen-bond acceptors (Lipinski definition) is 3. The Balaban J connectivity index is 2.47. The Morgan fingerprint density at radius 1 is 1.29 bits per heavy atom. The van der Waals surface area contributed by atoms with Crippen LogP contribution < -0.4 is 10.5 Å². The molecule has 0 saturated carbocycles. The van der Waals surface area contributed by atoms with Crippen molar-refractivity contribution in [3.05, 3.63) is 29.8 Å². The number of nitrogens with two attached hydrogens (primary N) is 1. The Labute approximate surface area is 84.8 Å². The zero-order valence-corrected chi connectivity index (χ0v) is 8.69. The molecule has 1 aromatic carbocycles. The Morgan fingerprint density at radius 2 is 1.93 bits per heavy atom. The standard InChI is InChI=1S/C11H17NO2/c1-3-13-8-14-11-6-4-10(5-7-11)9(2)12/h4-7,9H,3,8,12H2,1-2H3. The average molecular weight is 195 g/mol. The lowest BCUT2D eigenvalue weighted by atomic mass is 10.1. The quantitative estimate of drug-likeness (QED) is 0.578. The zero-order valence-electron chi connectivity index (χ0n) is 8.69. The van der Waals surface area contributed by atoms with Gasteiger partial charge in [-0.15, -0.1) is 0 Å². The van der Waals surface area contributed by atoms with Crippen molar-refractivity contribution in [2.75, 3.05) is 13.4 Å². The summed E-state index contributed by atoms with van der Waals surface area (Å²) in [7, 11) is 0. The lowest BCUT2D eigenvalue weighted by Gasteiger charge is -2.08. The van der Waals surface area contributed by atoms with Crippen molar-refractivity contribution in [2.45, 2.75) is 19.9 Å². The van der Waals surface area contributed by atoms with Gasteiger partial charge in [-0.2, -0.15) is 0 Å². The highest BCUT2D eigenvalue weighted by atomic mass is 16.7. The van der Waals surface area contributed by atoms with E-state index in [2.05, 4.69) is 0 Å². The third-order valence-electron chi connectivity index (χ3n) is 1.92. The van der Waals surface area contributed by atoms with E-state index in [-0.39, 0.29) is 6.04 Å². The molecule has 14 heavy (non-hydrogen) atoms. The maximum absolute atomic E-state index is 5.72. The van der Waals surface area contributed by atoms with Gasteiger partial charge >= 0.3 is 0 Å². The normalized spacial score (nSPS) is 12.5. The van der Waals surface area contributed by atoms with Gasteiger partial charge in [0.2, 0.25) is 0 Å². The molecule has 1 rings (SSSR count). The van der Waals surface area contributed by atoms with Crippen molar-refractivity contribution in [3.63, 3.8) is 0 Å². The summed E-state index contributed by atoms with van der Waals surface area (Å²) in [5, 5.41) is 0. The van der Waals surface area contributed by atoms with Crippen molar-refractivity contribution in [2.24, 2.45) is 5.73 Å². The average Bonchev–Trinajstić information content (AvgIpc) is 2.19. The van der Waals surface area contributed by atoms with Gasteiger partial charge in [0.15, 0.2) is 6.79 Å². The SMILES string of the molecule is CCOCOc1ccc(C(C)N)cc1. The van der Waals surface area contributed by atoms with E-state index in [0.717, 1.165) is 11.3 Å². The van der Waals surface area contributed by atoms with Crippen LogP contribution in [-0.2, 0) is 4.74 Å². The van der Waals surface area contributed by atoms with Gasteiger partial charge < -0.3 is 15.2 Å². The van der Waals surface area contributed by atoms with Crippen LogP contribution >= 0.6 is 0 Å². The van der Waals surface area contributed by atoms with E-state index >= 15 is 0 Å². The first-order valence-electron chi connectivity index (χ1n) is 4.80. The molecule has 1 atom stereocenters. The Kier molecular flexibility index (Phi) is 4.43. The Bertz CT molecular complexity index is 256. The Morgan fingerprint density at radius 3 is 2.43 bits per heavy atom. The minimum atomic E-state index is 0.0657. The molecule has 0 aromatic heterocycles. The van der Waals surface area contributed by atoms with E-state index in [4.69, 9.17) is 15.2 Å². The molecule has 0 heterocycles. The van der Waals surface area contributed by atoms with Crippen LogP contribution in [0.4, 0.5) is 0 Å². The summed E-state index contributed by atoms with van der Waals surface area (Å²) in [6, 6.07) is 7.80. The van der Waals surface area contributed by atoms with E-state index in [1.54, 1.807) is 0 Å². The van der Waals surface area contributed by atoms with Gasteiger partial charge in [0.1, 0.15) is 5.75 Å². The highest BCUT2D eigenvalue weighted by molar-refractivity contribution is 5.28. The van der Waals surface area contributed by atoms with Crippen LogP contribution in [0.15, 0.2) is 24.3 Å². The van der Waals surface area contributed by atoms with Gasteiger partial charge in [0.05, 0.1) is 0 Å². The molecule has 1 aromatic rings. The number of benzene rings is 1. The van der Waals surface area contributed by atoms with Crippen LogP contribution in [0.5, 0.6) is 5.75 Å². The monoisotopic (exact) mass is 195 g/mol. The van der Waals surface area contributed by atoms with E-state index in [9.17, 15) is 0 Å². The van der Waals surface area contributed by atoms with E-state index in [1.165, 1.54) is 0 Å². The molecule has 0 aliphatic heterocycles. The third kappa shape index (κ3) is 3.36. The first-order chi connectivity index (χ1) is 6.74. The van der Waals surface area contributed by atoms with Crippen molar-refractivity contribution in [1.29, 1.82) is 0 Å². The molecule has 0 amide bonds. The van der Waals surface area contributed by atoms with Gasteiger partial charge in [-0.1, -0.05) is 12.1 Å². The smallest absolute Gasteiger partial charge is 0.189 e. The maximum atomic E-state index is 5.72. The fourth-order valence-corrected chi connectivity index (χ4v) is 1.06. The number of ether oxygens (including phenoxy) is 2. The van der Waals surface area contributed by atoms with Gasteiger partial charge in [-0.25, -0.2) is 0 Å². The van der Waals surface area contributed by atoms with Crippen LogP contribution in [0.3, 0.4) is 0 Å². The molecule has 0 aliphatic carbocycles. The molecular weight excluding hydrogens is 178 g/mol. The summed E-state index contributed by atoms with van der Waals surface area (Å²) in [4.78, 5) is 0. The van der Waals surface area contributed by atoms with Gasteiger partial charge in [0.25, 0.3) is 0 Å². The lowest BCUT2D eigenvalue weighted by Crippen LogP contribution is -2.05. The largest absolute Gasteiger partial charge is 0.468 e. The second-order valence-corrected chi connectivity index (χ2v) is 3.11. The first-order valence-corrected chi connectivity index (χ1v) is 4.80. The topological polar surface area (TPSA) is 44.5 Å². The van der Waals surface area contributed by atoms with E-state index in [1.807, 2.05) is 38.1 Å². The molecular formula is C11H17NO2. The molecule has 0 fully saturated rings. The minimum Gasteiger partial charge on any atom is -0.468 e. The van der Waals surface area contributed by atoms with E-state index in [0.29, 0.717) is 13.4 Å². The molecule has 0 aliphatic rings. The predicted molar refractivity (Wildman–Crippen MR) is 56.2 cm³/mol. The molecule has 3 heteroatoms. The van der Waals surface area contributed by atoms with E-state index < -0.39 is 0 Å². The molecule has 0 spiro atoms. The van der Waals surface area contributed by atoms with Crippen LogP contribution in [-0.4, -0.2) is 13.4 Å². The summed E-state index contributed by atoms with van der Waals surface area (Å²) in [5.41, 5.74) is 6.83. The summed E-state index contributed by atoms with van der Waals surface area (Å²) in [5.74, 6) is 0.808. The summed E-state index contributed by atoms with van der Waals surface area (Å²) in [6.45, 7) is 4.85. The maximum Gasteiger partial charge on any atom is 0.189 e. The van der Waals surface area contributed by atoms with Crippen LogP contribution in [0, 0.1) is 0 Å². The second-order valence-electron chi connectivity index (χ2n) is 3.11. The summed E-state index contributed by atoms with van der Waals surface area (Å²) >= 11 is 0. The van der Waals surface area contributed by atoms with Crippen LogP contribution in [0.2, 0.25) is 0 Å². The van der Waals surface area contributed by atoms with Crippen LogP contribution in [0.25, 0.3) is 0 Å². The summed E-state index contributed by atoms with van der Waals surface area (Å²) in [6.07, 6.45) is 0. The highest BCUT2D eigenvalue weighted by Crippen LogP contribution is 2.15. The number of hydrogen-bond donors (Lipinski definition) is 1. The van der Waals surface area contributed by atoms with Crippen molar-refractivity contribution in [1.82, 2.24) is 0 Å². The zero-order chi connectivity index (χ0) is 10.4. The molecule has 0 saturated heterocycles. The van der Waals surface area contributed by atoms with Crippen LogP contribution in [0.1, 0.15) is 25.5 Å². The second kappa shape index (κ2) is 5.62. The van der Waals surface area contributed by atoms with Gasteiger partial charge in [-0.3, -0.25) is 0 Å². The molecule has 0 bridgehead atoms. The Hall–Kier alpha value is -1.06. The molecule has 78 valence electrons. The fraction of sp³-hybridized carbons (Fsp3) is 0.455. The summed E-state index contributed by atoms with van der Waals surface area (Å²) < 4.78 is 10.4. The van der Waals surface area contributed by atoms with Crippen molar-refractivity contribution >= 4 is 0 Å². The number of rotatable bonds is 5. The predicted octanol–water partition coefficient (Wildman–Crippen LogP) is 2.08. The molecule has 0 radical (unpaired) electrons. The van der Waals surface area contributed by atoms with Gasteiger partial charge in [-0.05, 0) is 31.5 Å². The molecule has 3 nitrogen and oxygen atoms in total. The minimum absolute atomic E-state index is 0.0657. The molecule has 2 N–H and O–H groups in total. The van der Waals surface area contributed by atoms with Crippen molar-refractivity contribution < 1.29 is 9.47 Å².